The van der Waals surface area contributed by atoms with Crippen molar-refractivity contribution >= 4 is 5.97 Å². The predicted octanol–water partition coefficient (Wildman–Crippen LogP) is 7.05. The highest BCUT2D eigenvalue weighted by molar-refractivity contribution is 5.77. The van der Waals surface area contributed by atoms with Crippen molar-refractivity contribution in [1.82, 2.24) is 4.98 Å². The summed E-state index contributed by atoms with van der Waals surface area (Å²) < 4.78 is 17.9. The van der Waals surface area contributed by atoms with Gasteiger partial charge in [0, 0.05) is 24.5 Å². The topological polar surface area (TPSA) is 61.6 Å². The Labute approximate surface area is 212 Å². The number of hydrogen-bond donors (Lipinski definition) is 0. The fourth-order valence-corrected chi connectivity index (χ4v) is 4.93. The van der Waals surface area contributed by atoms with E-state index in [1.165, 1.54) is 18.1 Å². The van der Waals surface area contributed by atoms with Crippen molar-refractivity contribution in [2.75, 3.05) is 6.61 Å². The number of hydrogen-bond acceptors (Lipinski definition) is 5. The summed E-state index contributed by atoms with van der Waals surface area (Å²) in [6.45, 7) is 6.05. The van der Waals surface area contributed by atoms with Crippen LogP contribution in [0.5, 0.6) is 5.75 Å². The molecule has 36 heavy (non-hydrogen) atoms. The van der Waals surface area contributed by atoms with Gasteiger partial charge in [0.25, 0.3) is 0 Å². The maximum absolute atomic E-state index is 11.6. The van der Waals surface area contributed by atoms with E-state index in [-0.39, 0.29) is 12.1 Å². The molecule has 0 bridgehead atoms. The summed E-state index contributed by atoms with van der Waals surface area (Å²) >= 11 is 0. The number of nitrogens with zero attached hydrogens (tertiary/aromatic N) is 1. The van der Waals surface area contributed by atoms with Crippen molar-refractivity contribution in [3.63, 3.8) is 0 Å². The van der Waals surface area contributed by atoms with Gasteiger partial charge < -0.3 is 13.9 Å². The van der Waals surface area contributed by atoms with Gasteiger partial charge in [0.05, 0.1) is 12.3 Å². The number of benzene rings is 3. The molecular formula is C31H31NO4. The molecule has 0 saturated carbocycles. The smallest absolute Gasteiger partial charge is 0.303 e. The van der Waals surface area contributed by atoms with Gasteiger partial charge >= 0.3 is 5.97 Å². The molecular weight excluding hydrogens is 450 g/mol. The minimum absolute atomic E-state index is 0.200. The van der Waals surface area contributed by atoms with Gasteiger partial charge in [0.15, 0.2) is 0 Å². The zero-order valence-corrected chi connectivity index (χ0v) is 21.0. The molecule has 0 spiro atoms. The molecule has 0 amide bonds. The summed E-state index contributed by atoms with van der Waals surface area (Å²) in [4.78, 5) is 16.3. The number of aryl methyl sites for hydroxylation is 2. The van der Waals surface area contributed by atoms with Crippen LogP contribution in [-0.2, 0) is 28.8 Å². The van der Waals surface area contributed by atoms with Gasteiger partial charge in [-0.2, -0.15) is 0 Å². The number of esters is 1. The fourth-order valence-electron chi connectivity index (χ4n) is 4.93. The zero-order chi connectivity index (χ0) is 25.1. The summed E-state index contributed by atoms with van der Waals surface area (Å²) in [5.74, 6) is 2.03. The van der Waals surface area contributed by atoms with Crippen molar-refractivity contribution in [2.45, 2.75) is 52.6 Å². The Morgan fingerprint density at radius 2 is 1.81 bits per heavy atom. The van der Waals surface area contributed by atoms with Crippen molar-refractivity contribution < 1.29 is 18.7 Å². The molecule has 5 nitrogen and oxygen atoms in total. The largest absolute Gasteiger partial charge is 0.493 e. The first-order chi connectivity index (χ1) is 17.5. The Kier molecular flexibility index (Phi) is 6.90. The SMILES string of the molecule is CCc1ccc(-c2c(OCCc3nc(-c4ccccc4)oc3C)ccc3c2CCC3OC(C)=O)cc1. The van der Waals surface area contributed by atoms with E-state index in [4.69, 9.17) is 18.9 Å². The molecule has 1 unspecified atom stereocenters. The van der Waals surface area contributed by atoms with Crippen LogP contribution < -0.4 is 4.74 Å². The molecule has 0 saturated heterocycles. The van der Waals surface area contributed by atoms with Crippen LogP contribution >= 0.6 is 0 Å². The molecule has 5 rings (SSSR count). The van der Waals surface area contributed by atoms with E-state index in [0.717, 1.165) is 58.7 Å². The molecule has 0 radical (unpaired) electrons. The van der Waals surface area contributed by atoms with Gasteiger partial charge in [-0.15, -0.1) is 0 Å². The Morgan fingerprint density at radius 1 is 1.03 bits per heavy atom. The van der Waals surface area contributed by atoms with Crippen LogP contribution in [0.25, 0.3) is 22.6 Å². The van der Waals surface area contributed by atoms with Gasteiger partial charge in [-0.25, -0.2) is 4.98 Å². The van der Waals surface area contributed by atoms with E-state index < -0.39 is 0 Å². The summed E-state index contributed by atoms with van der Waals surface area (Å²) in [6.07, 6.45) is 3.07. The Balaban J connectivity index is 1.40. The predicted molar refractivity (Wildman–Crippen MR) is 140 cm³/mol. The molecule has 3 aromatic carbocycles. The molecule has 184 valence electrons. The minimum atomic E-state index is -0.250. The Morgan fingerprint density at radius 3 is 2.53 bits per heavy atom. The molecule has 1 aliphatic rings. The normalized spacial score (nSPS) is 14.5. The van der Waals surface area contributed by atoms with Crippen molar-refractivity contribution in [3.8, 4) is 28.3 Å². The maximum atomic E-state index is 11.6. The van der Waals surface area contributed by atoms with E-state index in [1.54, 1.807) is 0 Å². The Bertz CT molecular complexity index is 1360. The first-order valence-corrected chi connectivity index (χ1v) is 12.6. The molecule has 0 fully saturated rings. The molecule has 4 aromatic rings. The van der Waals surface area contributed by atoms with Crippen LogP contribution in [0.1, 0.15) is 54.5 Å². The average Bonchev–Trinajstić information content (AvgIpc) is 3.47. The standard InChI is InChI=1S/C31H31NO4/c1-4-22-10-12-23(13-11-22)30-26-15-16-28(36-21(3)33)25(26)14-17-29(30)34-19-18-27-20(2)35-31(32-27)24-8-6-5-7-9-24/h5-14,17,28H,4,15-16,18-19H2,1-3H3. The summed E-state index contributed by atoms with van der Waals surface area (Å²) in [7, 11) is 0. The number of fused-ring (bicyclic) bond motifs is 1. The van der Waals surface area contributed by atoms with E-state index >= 15 is 0 Å². The minimum Gasteiger partial charge on any atom is -0.493 e. The highest BCUT2D eigenvalue weighted by Crippen LogP contribution is 2.44. The number of oxazole rings is 1. The van der Waals surface area contributed by atoms with Gasteiger partial charge in [-0.3, -0.25) is 4.79 Å². The van der Waals surface area contributed by atoms with Gasteiger partial charge in [-0.1, -0.05) is 55.5 Å². The van der Waals surface area contributed by atoms with Gasteiger partial charge in [0.1, 0.15) is 17.6 Å². The molecule has 1 aliphatic carbocycles. The Hall–Kier alpha value is -3.86. The average molecular weight is 482 g/mol. The first kappa shape index (κ1) is 23.9. The first-order valence-electron chi connectivity index (χ1n) is 12.6. The number of carbonyl (C=O) groups is 1. The third-order valence-electron chi connectivity index (χ3n) is 6.78. The highest BCUT2D eigenvalue weighted by Gasteiger charge is 2.29. The second kappa shape index (κ2) is 10.4. The fraction of sp³-hybridized carbons (Fsp3) is 0.290. The van der Waals surface area contributed by atoms with Crippen LogP contribution in [0.4, 0.5) is 0 Å². The van der Waals surface area contributed by atoms with E-state index in [1.807, 2.05) is 49.4 Å². The van der Waals surface area contributed by atoms with E-state index in [9.17, 15) is 4.79 Å². The van der Waals surface area contributed by atoms with Crippen LogP contribution in [0, 0.1) is 6.92 Å². The second-order valence-electron chi connectivity index (χ2n) is 9.18. The number of carbonyl (C=O) groups excluding carboxylic acids is 1. The van der Waals surface area contributed by atoms with Crippen molar-refractivity contribution in [3.05, 3.63) is 94.9 Å². The lowest BCUT2D eigenvalue weighted by Gasteiger charge is -2.18. The monoisotopic (exact) mass is 481 g/mol. The van der Waals surface area contributed by atoms with E-state index in [2.05, 4.69) is 31.2 Å². The molecule has 0 N–H and O–H groups in total. The summed E-state index contributed by atoms with van der Waals surface area (Å²) in [5.41, 5.74) is 7.64. The lowest BCUT2D eigenvalue weighted by molar-refractivity contribution is -0.146. The van der Waals surface area contributed by atoms with Crippen LogP contribution in [0.15, 0.2) is 71.1 Å². The maximum Gasteiger partial charge on any atom is 0.303 e. The van der Waals surface area contributed by atoms with Gasteiger partial charge in [0.2, 0.25) is 5.89 Å². The van der Waals surface area contributed by atoms with Crippen molar-refractivity contribution in [2.24, 2.45) is 0 Å². The zero-order valence-electron chi connectivity index (χ0n) is 21.0. The number of rotatable bonds is 8. The highest BCUT2D eigenvalue weighted by atomic mass is 16.5. The number of ether oxygens (including phenoxy) is 2. The molecule has 1 aromatic heterocycles. The van der Waals surface area contributed by atoms with Crippen LogP contribution in [-0.4, -0.2) is 17.6 Å². The van der Waals surface area contributed by atoms with Crippen LogP contribution in [0.2, 0.25) is 0 Å². The third kappa shape index (κ3) is 4.92. The molecule has 1 atom stereocenters. The van der Waals surface area contributed by atoms with E-state index in [0.29, 0.717) is 18.9 Å². The number of aromatic nitrogens is 1. The lowest BCUT2D eigenvalue weighted by Crippen LogP contribution is -2.07. The summed E-state index contributed by atoms with van der Waals surface area (Å²) in [5, 5.41) is 0. The third-order valence-corrected chi connectivity index (χ3v) is 6.78. The van der Waals surface area contributed by atoms with Crippen molar-refractivity contribution in [1.29, 1.82) is 0 Å². The molecule has 0 aliphatic heterocycles. The lowest BCUT2D eigenvalue weighted by atomic mass is 9.94. The van der Waals surface area contributed by atoms with Crippen LogP contribution in [0.3, 0.4) is 0 Å². The second-order valence-corrected chi connectivity index (χ2v) is 9.18. The quantitative estimate of drug-likeness (QED) is 0.252. The van der Waals surface area contributed by atoms with Gasteiger partial charge in [-0.05, 0) is 66.6 Å². The molecule has 5 heteroatoms. The summed E-state index contributed by atoms with van der Waals surface area (Å²) in [6, 6.07) is 22.6. The molecule has 1 heterocycles.